The van der Waals surface area contributed by atoms with E-state index in [1.54, 1.807) is 0 Å². The van der Waals surface area contributed by atoms with Gasteiger partial charge >= 0.3 is 0 Å². The summed E-state index contributed by atoms with van der Waals surface area (Å²) in [5, 5.41) is 0. The van der Waals surface area contributed by atoms with Gasteiger partial charge < -0.3 is 5.73 Å². The highest BCUT2D eigenvalue weighted by Gasteiger charge is 2.25. The predicted molar refractivity (Wildman–Crippen MR) is 76.2 cm³/mol. The molecular weight excluding hydrogens is 208 g/mol. The first-order chi connectivity index (χ1) is 8.33. The van der Waals surface area contributed by atoms with E-state index < -0.39 is 0 Å². The summed E-state index contributed by atoms with van der Waals surface area (Å²) in [6.45, 7) is 6.60. The fourth-order valence-electron chi connectivity index (χ4n) is 3.28. The molecule has 1 fully saturated rings. The maximum Gasteiger partial charge on any atom is 0.0221 e. The first-order valence-corrected chi connectivity index (χ1v) is 7.79. The van der Waals surface area contributed by atoms with Crippen LogP contribution in [0, 0.1) is 0 Å². The topological polar surface area (TPSA) is 29.3 Å². The highest BCUT2D eigenvalue weighted by atomic mass is 15.2. The minimum Gasteiger partial charge on any atom is -0.329 e. The average Bonchev–Trinajstić information content (AvgIpc) is 2.39. The summed E-state index contributed by atoms with van der Waals surface area (Å²) in [5.41, 5.74) is 6.00. The van der Waals surface area contributed by atoms with E-state index in [0.717, 1.165) is 12.6 Å². The van der Waals surface area contributed by atoms with Gasteiger partial charge in [0.05, 0.1) is 0 Å². The Balaban J connectivity index is 2.43. The van der Waals surface area contributed by atoms with Crippen LogP contribution >= 0.6 is 0 Å². The molecule has 0 radical (unpaired) electrons. The summed E-state index contributed by atoms with van der Waals surface area (Å²) in [6.07, 6.45) is 12.4. The van der Waals surface area contributed by atoms with Crippen LogP contribution in [0.15, 0.2) is 0 Å². The predicted octanol–water partition coefficient (Wildman–Crippen LogP) is 3.55. The molecule has 17 heavy (non-hydrogen) atoms. The zero-order chi connectivity index (χ0) is 12.5. The SMILES string of the molecule is CCCCCC(CN)N(CC)C1CCCCC1. The zero-order valence-electron chi connectivity index (χ0n) is 12.0. The largest absolute Gasteiger partial charge is 0.329 e. The van der Waals surface area contributed by atoms with Gasteiger partial charge in [0, 0.05) is 18.6 Å². The second kappa shape index (κ2) is 8.93. The third kappa shape index (κ3) is 4.97. The number of rotatable bonds is 8. The molecule has 0 aromatic rings. The molecule has 1 unspecified atom stereocenters. The lowest BCUT2D eigenvalue weighted by Crippen LogP contribution is -2.47. The molecule has 2 nitrogen and oxygen atoms in total. The van der Waals surface area contributed by atoms with Crippen molar-refractivity contribution in [1.29, 1.82) is 0 Å². The van der Waals surface area contributed by atoms with E-state index in [2.05, 4.69) is 18.7 Å². The molecule has 0 aliphatic heterocycles. The van der Waals surface area contributed by atoms with E-state index in [1.807, 2.05) is 0 Å². The molecular formula is C15H32N2. The van der Waals surface area contributed by atoms with Crippen molar-refractivity contribution in [3.8, 4) is 0 Å². The minimum atomic E-state index is 0.634. The molecule has 102 valence electrons. The van der Waals surface area contributed by atoms with Crippen molar-refractivity contribution in [2.45, 2.75) is 83.7 Å². The lowest BCUT2D eigenvalue weighted by molar-refractivity contribution is 0.107. The van der Waals surface area contributed by atoms with E-state index in [-0.39, 0.29) is 0 Å². The van der Waals surface area contributed by atoms with Crippen molar-refractivity contribution in [2.75, 3.05) is 13.1 Å². The van der Waals surface area contributed by atoms with Crippen molar-refractivity contribution in [3.05, 3.63) is 0 Å². The van der Waals surface area contributed by atoms with Crippen molar-refractivity contribution < 1.29 is 0 Å². The lowest BCUT2D eigenvalue weighted by atomic mass is 9.92. The second-order valence-electron chi connectivity index (χ2n) is 5.51. The van der Waals surface area contributed by atoms with E-state index >= 15 is 0 Å². The van der Waals surface area contributed by atoms with Gasteiger partial charge in [0.1, 0.15) is 0 Å². The van der Waals surface area contributed by atoms with Crippen LogP contribution in [0.3, 0.4) is 0 Å². The molecule has 0 aromatic heterocycles. The Labute approximate surface area is 108 Å². The smallest absolute Gasteiger partial charge is 0.0221 e. The Morgan fingerprint density at radius 3 is 2.35 bits per heavy atom. The normalized spacial score (nSPS) is 19.8. The molecule has 1 rings (SSSR count). The molecule has 0 bridgehead atoms. The van der Waals surface area contributed by atoms with Gasteiger partial charge in [-0.25, -0.2) is 0 Å². The van der Waals surface area contributed by atoms with Crippen molar-refractivity contribution >= 4 is 0 Å². The van der Waals surface area contributed by atoms with Crippen LogP contribution in [-0.4, -0.2) is 30.1 Å². The third-order valence-corrected chi connectivity index (χ3v) is 4.29. The summed E-state index contributed by atoms with van der Waals surface area (Å²) in [7, 11) is 0. The van der Waals surface area contributed by atoms with Crippen molar-refractivity contribution in [2.24, 2.45) is 5.73 Å². The molecule has 2 heteroatoms. The summed E-state index contributed by atoms with van der Waals surface area (Å²) in [5.74, 6) is 0. The van der Waals surface area contributed by atoms with E-state index in [4.69, 9.17) is 5.73 Å². The maximum atomic E-state index is 6.00. The first kappa shape index (κ1) is 15.0. The summed E-state index contributed by atoms with van der Waals surface area (Å²) in [4.78, 5) is 2.70. The van der Waals surface area contributed by atoms with Gasteiger partial charge in [0.15, 0.2) is 0 Å². The zero-order valence-corrected chi connectivity index (χ0v) is 12.0. The Morgan fingerprint density at radius 2 is 1.82 bits per heavy atom. The summed E-state index contributed by atoms with van der Waals surface area (Å²) >= 11 is 0. The third-order valence-electron chi connectivity index (χ3n) is 4.29. The highest BCUT2D eigenvalue weighted by molar-refractivity contribution is 4.81. The number of nitrogens with two attached hydrogens (primary N) is 1. The molecule has 2 N–H and O–H groups in total. The summed E-state index contributed by atoms with van der Waals surface area (Å²) in [6, 6.07) is 1.46. The van der Waals surface area contributed by atoms with Gasteiger partial charge in [-0.15, -0.1) is 0 Å². The van der Waals surface area contributed by atoms with E-state index in [9.17, 15) is 0 Å². The van der Waals surface area contributed by atoms with Crippen LogP contribution in [0.1, 0.15) is 71.6 Å². The van der Waals surface area contributed by atoms with Gasteiger partial charge in [-0.1, -0.05) is 52.4 Å². The van der Waals surface area contributed by atoms with E-state index in [0.29, 0.717) is 6.04 Å². The van der Waals surface area contributed by atoms with Crippen LogP contribution in [0.5, 0.6) is 0 Å². The van der Waals surface area contributed by atoms with Crippen LogP contribution in [-0.2, 0) is 0 Å². The molecule has 0 saturated heterocycles. The molecule has 0 amide bonds. The number of hydrogen-bond donors (Lipinski definition) is 1. The quantitative estimate of drug-likeness (QED) is 0.657. The molecule has 1 aliphatic rings. The van der Waals surface area contributed by atoms with Crippen LogP contribution < -0.4 is 5.73 Å². The molecule has 1 aliphatic carbocycles. The number of unbranched alkanes of at least 4 members (excludes halogenated alkanes) is 2. The Hall–Kier alpha value is -0.0800. The van der Waals surface area contributed by atoms with Gasteiger partial charge in [0.2, 0.25) is 0 Å². The van der Waals surface area contributed by atoms with Gasteiger partial charge in [-0.05, 0) is 25.8 Å². The average molecular weight is 240 g/mol. The van der Waals surface area contributed by atoms with Crippen LogP contribution in [0.4, 0.5) is 0 Å². The van der Waals surface area contributed by atoms with Crippen molar-refractivity contribution in [1.82, 2.24) is 4.90 Å². The Kier molecular flexibility index (Phi) is 7.87. The molecule has 0 heterocycles. The highest BCUT2D eigenvalue weighted by Crippen LogP contribution is 2.25. The Bertz CT molecular complexity index is 176. The molecule has 0 aromatic carbocycles. The number of likely N-dealkylation sites (N-methyl/N-ethyl adjacent to an activating group) is 1. The summed E-state index contributed by atoms with van der Waals surface area (Å²) < 4.78 is 0. The minimum absolute atomic E-state index is 0.634. The number of hydrogen-bond acceptors (Lipinski definition) is 2. The van der Waals surface area contributed by atoms with Gasteiger partial charge in [0.25, 0.3) is 0 Å². The molecule has 0 spiro atoms. The van der Waals surface area contributed by atoms with E-state index in [1.165, 1.54) is 64.3 Å². The van der Waals surface area contributed by atoms with Gasteiger partial charge in [-0.2, -0.15) is 0 Å². The fraction of sp³-hybridized carbons (Fsp3) is 1.00. The monoisotopic (exact) mass is 240 g/mol. The standard InChI is InChI=1S/C15H32N2/c1-3-5-7-12-15(13-16)17(4-2)14-10-8-6-9-11-14/h14-15H,3-13,16H2,1-2H3. The second-order valence-corrected chi connectivity index (χ2v) is 5.51. The van der Waals surface area contributed by atoms with Gasteiger partial charge in [-0.3, -0.25) is 4.90 Å². The fourth-order valence-corrected chi connectivity index (χ4v) is 3.28. The molecule has 1 atom stereocenters. The lowest BCUT2D eigenvalue weighted by Gasteiger charge is -2.39. The van der Waals surface area contributed by atoms with Crippen molar-refractivity contribution in [3.63, 3.8) is 0 Å². The molecule has 1 saturated carbocycles. The Morgan fingerprint density at radius 1 is 1.12 bits per heavy atom. The maximum absolute atomic E-state index is 6.00. The van der Waals surface area contributed by atoms with Crippen LogP contribution in [0.2, 0.25) is 0 Å². The first-order valence-electron chi connectivity index (χ1n) is 7.79. The number of nitrogens with zero attached hydrogens (tertiary/aromatic N) is 1. The van der Waals surface area contributed by atoms with Crippen LogP contribution in [0.25, 0.3) is 0 Å².